The van der Waals surface area contributed by atoms with Gasteiger partial charge in [0.25, 0.3) is 0 Å². The van der Waals surface area contributed by atoms with Crippen LogP contribution in [-0.4, -0.2) is 15.9 Å². The van der Waals surface area contributed by atoms with Crippen LogP contribution in [0.5, 0.6) is 0 Å². The van der Waals surface area contributed by atoms with Gasteiger partial charge < -0.3 is 4.42 Å². The lowest BCUT2D eigenvalue weighted by atomic mass is 10.2. The molecule has 1 fully saturated rings. The predicted octanol–water partition coefficient (Wildman–Crippen LogP) is 4.71. The van der Waals surface area contributed by atoms with Gasteiger partial charge in [-0.2, -0.15) is 0 Å². The fourth-order valence-electron chi connectivity index (χ4n) is 2.70. The van der Waals surface area contributed by atoms with E-state index in [0.717, 1.165) is 18.8 Å². The monoisotopic (exact) mass is 328 g/mol. The molecule has 1 saturated carbocycles. The van der Waals surface area contributed by atoms with Crippen molar-refractivity contribution >= 4 is 11.3 Å². The smallest absolute Gasteiger partial charge is 0.226 e. The van der Waals surface area contributed by atoms with Gasteiger partial charge in [-0.3, -0.25) is 4.90 Å². The normalized spacial score (nSPS) is 14.5. The van der Waals surface area contributed by atoms with Gasteiger partial charge in [-0.05, 0) is 42.5 Å². The van der Waals surface area contributed by atoms with Crippen molar-refractivity contribution in [3.63, 3.8) is 0 Å². The first kappa shape index (κ1) is 14.6. The molecule has 0 atom stereocenters. The standard InChI is InChI=1S/C18H17FN2OS/c19-14-4-1-3-13(9-14)18-20-15(12-22-18)10-21(16-6-7-16)11-17-5-2-8-23-17/h1-5,8-9,12,16H,6-7,10-11H2. The lowest BCUT2D eigenvalue weighted by Crippen LogP contribution is -2.24. The second kappa shape index (κ2) is 6.26. The molecule has 1 aliphatic rings. The fourth-order valence-corrected chi connectivity index (χ4v) is 3.43. The second-order valence-corrected chi connectivity index (χ2v) is 6.90. The van der Waals surface area contributed by atoms with E-state index < -0.39 is 0 Å². The average molecular weight is 328 g/mol. The maximum Gasteiger partial charge on any atom is 0.226 e. The van der Waals surface area contributed by atoms with Crippen LogP contribution in [0.3, 0.4) is 0 Å². The molecular weight excluding hydrogens is 311 g/mol. The van der Waals surface area contributed by atoms with Crippen LogP contribution in [0.2, 0.25) is 0 Å². The van der Waals surface area contributed by atoms with Gasteiger partial charge in [-0.15, -0.1) is 11.3 Å². The molecule has 0 N–H and O–H groups in total. The maximum atomic E-state index is 13.3. The molecule has 0 saturated heterocycles. The highest BCUT2D eigenvalue weighted by atomic mass is 32.1. The minimum atomic E-state index is -0.278. The quantitative estimate of drug-likeness (QED) is 0.656. The third-order valence-electron chi connectivity index (χ3n) is 3.99. The van der Waals surface area contributed by atoms with Gasteiger partial charge in [-0.1, -0.05) is 12.1 Å². The Bertz CT molecular complexity index is 780. The molecule has 0 amide bonds. The highest BCUT2D eigenvalue weighted by Crippen LogP contribution is 2.31. The van der Waals surface area contributed by atoms with Gasteiger partial charge in [0, 0.05) is 29.6 Å². The Morgan fingerprint density at radius 3 is 2.87 bits per heavy atom. The van der Waals surface area contributed by atoms with Crippen molar-refractivity contribution in [3.8, 4) is 11.5 Å². The molecule has 118 valence electrons. The summed E-state index contributed by atoms with van der Waals surface area (Å²) in [6.07, 6.45) is 4.18. The number of aromatic nitrogens is 1. The zero-order chi connectivity index (χ0) is 15.6. The first-order valence-electron chi connectivity index (χ1n) is 7.75. The number of oxazole rings is 1. The van der Waals surface area contributed by atoms with E-state index >= 15 is 0 Å². The Labute approximate surface area is 138 Å². The summed E-state index contributed by atoms with van der Waals surface area (Å²) < 4.78 is 18.9. The van der Waals surface area contributed by atoms with Crippen molar-refractivity contribution in [1.29, 1.82) is 0 Å². The van der Waals surface area contributed by atoms with Gasteiger partial charge in [0.1, 0.15) is 12.1 Å². The first-order valence-corrected chi connectivity index (χ1v) is 8.63. The summed E-state index contributed by atoms with van der Waals surface area (Å²) >= 11 is 1.78. The number of hydrogen-bond acceptors (Lipinski definition) is 4. The number of nitrogens with zero attached hydrogens (tertiary/aromatic N) is 2. The largest absolute Gasteiger partial charge is 0.444 e. The van der Waals surface area contributed by atoms with Crippen molar-refractivity contribution < 1.29 is 8.81 Å². The van der Waals surface area contributed by atoms with Gasteiger partial charge in [0.15, 0.2) is 0 Å². The molecule has 0 aliphatic heterocycles. The van der Waals surface area contributed by atoms with Crippen LogP contribution in [0.15, 0.2) is 52.5 Å². The van der Waals surface area contributed by atoms with Crippen molar-refractivity contribution in [1.82, 2.24) is 9.88 Å². The predicted molar refractivity (Wildman–Crippen MR) is 88.5 cm³/mol. The topological polar surface area (TPSA) is 29.3 Å². The molecule has 2 heterocycles. The van der Waals surface area contributed by atoms with Crippen LogP contribution in [0.25, 0.3) is 11.5 Å². The Morgan fingerprint density at radius 2 is 2.13 bits per heavy atom. The van der Waals surface area contributed by atoms with E-state index in [1.165, 1.54) is 29.9 Å². The van der Waals surface area contributed by atoms with Crippen molar-refractivity contribution in [2.75, 3.05) is 0 Å². The third kappa shape index (κ3) is 3.51. The van der Waals surface area contributed by atoms with Crippen LogP contribution in [0.4, 0.5) is 4.39 Å². The minimum Gasteiger partial charge on any atom is -0.444 e. The lowest BCUT2D eigenvalue weighted by Gasteiger charge is -2.19. The van der Waals surface area contributed by atoms with Gasteiger partial charge in [0.2, 0.25) is 5.89 Å². The minimum absolute atomic E-state index is 0.278. The summed E-state index contributed by atoms with van der Waals surface area (Å²) in [6.45, 7) is 1.71. The SMILES string of the molecule is Fc1cccc(-c2nc(CN(Cc3cccs3)C3CC3)co2)c1. The maximum absolute atomic E-state index is 13.3. The molecule has 2 aromatic heterocycles. The van der Waals surface area contributed by atoms with E-state index in [-0.39, 0.29) is 5.82 Å². The van der Waals surface area contributed by atoms with Gasteiger partial charge in [-0.25, -0.2) is 9.37 Å². The molecule has 0 spiro atoms. The average Bonchev–Trinajstić information content (AvgIpc) is 3.07. The summed E-state index contributed by atoms with van der Waals surface area (Å²) in [5.41, 5.74) is 1.57. The van der Waals surface area contributed by atoms with Gasteiger partial charge in [0.05, 0.1) is 5.69 Å². The molecule has 23 heavy (non-hydrogen) atoms. The van der Waals surface area contributed by atoms with Crippen LogP contribution >= 0.6 is 11.3 Å². The van der Waals surface area contributed by atoms with Crippen molar-refractivity contribution in [2.45, 2.75) is 32.0 Å². The van der Waals surface area contributed by atoms with Crippen LogP contribution in [0.1, 0.15) is 23.4 Å². The van der Waals surface area contributed by atoms with Crippen LogP contribution in [-0.2, 0) is 13.1 Å². The molecule has 0 unspecified atom stereocenters. The Morgan fingerprint density at radius 1 is 1.22 bits per heavy atom. The van der Waals surface area contributed by atoms with Crippen molar-refractivity contribution in [2.24, 2.45) is 0 Å². The lowest BCUT2D eigenvalue weighted by molar-refractivity contribution is 0.245. The number of rotatable bonds is 6. The molecule has 3 nitrogen and oxygen atoms in total. The zero-order valence-corrected chi connectivity index (χ0v) is 13.4. The van der Waals surface area contributed by atoms with Crippen LogP contribution < -0.4 is 0 Å². The molecule has 0 bridgehead atoms. The highest BCUT2D eigenvalue weighted by molar-refractivity contribution is 7.09. The van der Waals surface area contributed by atoms with E-state index in [1.54, 1.807) is 23.7 Å². The van der Waals surface area contributed by atoms with E-state index in [9.17, 15) is 4.39 Å². The highest BCUT2D eigenvalue weighted by Gasteiger charge is 2.29. The van der Waals surface area contributed by atoms with Gasteiger partial charge >= 0.3 is 0 Å². The molecule has 3 aromatic rings. The molecule has 0 radical (unpaired) electrons. The van der Waals surface area contributed by atoms with Crippen LogP contribution in [0, 0.1) is 5.82 Å². The molecule has 1 aromatic carbocycles. The Kier molecular flexibility index (Phi) is 3.97. The van der Waals surface area contributed by atoms with E-state index in [4.69, 9.17) is 4.42 Å². The number of benzene rings is 1. The zero-order valence-electron chi connectivity index (χ0n) is 12.6. The second-order valence-electron chi connectivity index (χ2n) is 5.87. The Balaban J connectivity index is 1.49. The third-order valence-corrected chi connectivity index (χ3v) is 4.85. The summed E-state index contributed by atoms with van der Waals surface area (Å²) in [5.74, 6) is 0.200. The summed E-state index contributed by atoms with van der Waals surface area (Å²) in [5, 5.41) is 2.11. The Hall–Kier alpha value is -1.98. The number of halogens is 1. The molecule has 1 aliphatic carbocycles. The van der Waals surface area contributed by atoms with E-state index in [1.807, 2.05) is 6.07 Å². The molecular formula is C18H17FN2OS. The van der Waals surface area contributed by atoms with Crippen molar-refractivity contribution in [3.05, 3.63) is 64.4 Å². The summed E-state index contributed by atoms with van der Waals surface area (Å²) in [6, 6.07) is 11.2. The number of hydrogen-bond donors (Lipinski definition) is 0. The summed E-state index contributed by atoms with van der Waals surface area (Å²) in [7, 11) is 0. The molecule has 4 rings (SSSR count). The first-order chi connectivity index (χ1) is 11.3. The van der Waals surface area contributed by atoms with E-state index in [0.29, 0.717) is 17.5 Å². The van der Waals surface area contributed by atoms with E-state index in [2.05, 4.69) is 27.4 Å². The molecule has 5 heteroatoms. The summed E-state index contributed by atoms with van der Waals surface area (Å²) in [4.78, 5) is 8.34. The fraction of sp³-hybridized carbons (Fsp3) is 0.278. The number of thiophene rings is 1.